The summed E-state index contributed by atoms with van der Waals surface area (Å²) in [5.41, 5.74) is 4.11. The minimum absolute atomic E-state index is 0.279. The predicted octanol–water partition coefficient (Wildman–Crippen LogP) is 4.54. The van der Waals surface area contributed by atoms with Crippen molar-refractivity contribution in [3.8, 4) is 0 Å². The summed E-state index contributed by atoms with van der Waals surface area (Å²) >= 11 is 5.53. The fraction of sp³-hybridized carbons (Fsp3) is 0.500. The Morgan fingerprint density at radius 2 is 1.89 bits per heavy atom. The number of hydrogen-bond acceptors (Lipinski definition) is 1. The molecular formula is C12H14ClF4N. The van der Waals surface area contributed by atoms with Crippen molar-refractivity contribution in [2.24, 2.45) is 11.7 Å². The molecule has 1 nitrogen and oxygen atoms in total. The molecule has 2 N–H and O–H groups in total. The fourth-order valence-electron chi connectivity index (χ4n) is 1.68. The van der Waals surface area contributed by atoms with Crippen molar-refractivity contribution in [1.29, 1.82) is 0 Å². The number of benzene rings is 1. The summed E-state index contributed by atoms with van der Waals surface area (Å²) in [7, 11) is 0. The lowest BCUT2D eigenvalue weighted by molar-refractivity contribution is -0.138. The molecule has 0 amide bonds. The Balaban J connectivity index is 3.43. The molecule has 18 heavy (non-hydrogen) atoms. The van der Waals surface area contributed by atoms with E-state index in [9.17, 15) is 17.6 Å². The summed E-state index contributed by atoms with van der Waals surface area (Å²) in [4.78, 5) is 0. The smallest absolute Gasteiger partial charge is 0.324 e. The number of halogens is 5. The Kier molecular flexibility index (Phi) is 4.61. The molecule has 0 heterocycles. The third-order valence-corrected chi connectivity index (χ3v) is 3.32. The van der Waals surface area contributed by atoms with Gasteiger partial charge < -0.3 is 5.73 Å². The first-order valence-corrected chi connectivity index (χ1v) is 5.88. The molecule has 0 aliphatic carbocycles. The average Bonchev–Trinajstić information content (AvgIpc) is 2.29. The van der Waals surface area contributed by atoms with Crippen molar-refractivity contribution < 1.29 is 17.6 Å². The minimum Gasteiger partial charge on any atom is -0.324 e. The molecule has 0 aliphatic rings. The molecule has 0 saturated heterocycles. The van der Waals surface area contributed by atoms with Crippen LogP contribution in [0.2, 0.25) is 5.02 Å². The zero-order valence-corrected chi connectivity index (χ0v) is 10.7. The molecule has 0 aromatic heterocycles. The van der Waals surface area contributed by atoms with Crippen LogP contribution in [0.3, 0.4) is 0 Å². The summed E-state index contributed by atoms with van der Waals surface area (Å²) in [5, 5.41) is -0.350. The molecule has 1 aromatic rings. The summed E-state index contributed by atoms with van der Waals surface area (Å²) < 4.78 is 52.3. The fourth-order valence-corrected chi connectivity index (χ4v) is 1.84. The molecule has 0 fully saturated rings. The second-order valence-corrected chi connectivity index (χ2v) is 4.64. The van der Waals surface area contributed by atoms with Crippen molar-refractivity contribution in [2.45, 2.75) is 32.5 Å². The average molecular weight is 284 g/mol. The summed E-state index contributed by atoms with van der Waals surface area (Å²) in [6, 6.07) is 0.625. The Hall–Kier alpha value is -0.810. The van der Waals surface area contributed by atoms with Gasteiger partial charge in [0.25, 0.3) is 0 Å². The van der Waals surface area contributed by atoms with E-state index in [4.69, 9.17) is 17.3 Å². The Morgan fingerprint density at radius 3 is 2.33 bits per heavy atom. The second-order valence-electron chi connectivity index (χ2n) is 4.23. The monoisotopic (exact) mass is 283 g/mol. The van der Waals surface area contributed by atoms with Crippen LogP contribution in [0, 0.1) is 11.7 Å². The molecule has 0 bridgehead atoms. The minimum atomic E-state index is -4.65. The normalized spacial score (nSPS) is 15.6. The van der Waals surface area contributed by atoms with Crippen molar-refractivity contribution >= 4 is 11.6 Å². The van der Waals surface area contributed by atoms with Gasteiger partial charge in [0.1, 0.15) is 5.82 Å². The van der Waals surface area contributed by atoms with Crippen LogP contribution in [-0.4, -0.2) is 0 Å². The van der Waals surface area contributed by atoms with Crippen molar-refractivity contribution in [3.05, 3.63) is 34.1 Å². The van der Waals surface area contributed by atoms with Crippen LogP contribution in [0.5, 0.6) is 0 Å². The standard InChI is InChI=1S/C12H14ClF4N/c1-3-6(2)11(18)9-7(12(15,16)17)4-5-8(13)10(9)14/h4-6,11H,3,18H2,1-2H3/t6?,11-/m0/s1. The quantitative estimate of drug-likeness (QED) is 0.810. The van der Waals surface area contributed by atoms with Crippen molar-refractivity contribution in [3.63, 3.8) is 0 Å². The lowest BCUT2D eigenvalue weighted by Gasteiger charge is -2.23. The number of hydrogen-bond donors (Lipinski definition) is 1. The van der Waals surface area contributed by atoms with E-state index in [0.717, 1.165) is 12.1 Å². The molecule has 0 spiro atoms. The van der Waals surface area contributed by atoms with E-state index in [2.05, 4.69) is 0 Å². The molecule has 1 unspecified atom stereocenters. The van der Waals surface area contributed by atoms with Gasteiger partial charge in [0, 0.05) is 11.6 Å². The van der Waals surface area contributed by atoms with Gasteiger partial charge in [-0.25, -0.2) is 4.39 Å². The summed E-state index contributed by atoms with van der Waals surface area (Å²) in [5.74, 6) is -1.36. The van der Waals surface area contributed by atoms with E-state index in [1.54, 1.807) is 13.8 Å². The van der Waals surface area contributed by atoms with Crippen molar-refractivity contribution in [2.75, 3.05) is 0 Å². The summed E-state index contributed by atoms with van der Waals surface area (Å²) in [6.45, 7) is 3.45. The highest BCUT2D eigenvalue weighted by Gasteiger charge is 2.37. The maximum atomic E-state index is 13.8. The van der Waals surface area contributed by atoms with Crippen LogP contribution < -0.4 is 5.73 Å². The van der Waals surface area contributed by atoms with E-state index in [-0.39, 0.29) is 10.9 Å². The van der Waals surface area contributed by atoms with Gasteiger partial charge in [-0.05, 0) is 18.1 Å². The Morgan fingerprint density at radius 1 is 1.33 bits per heavy atom. The summed E-state index contributed by atoms with van der Waals surface area (Å²) in [6.07, 6.45) is -4.10. The van der Waals surface area contributed by atoms with Crippen LogP contribution in [0.15, 0.2) is 12.1 Å². The highest BCUT2D eigenvalue weighted by Crippen LogP contribution is 2.39. The van der Waals surface area contributed by atoms with Gasteiger partial charge in [-0.15, -0.1) is 0 Å². The maximum Gasteiger partial charge on any atom is 0.416 e. The molecule has 102 valence electrons. The van der Waals surface area contributed by atoms with Crippen LogP contribution in [0.25, 0.3) is 0 Å². The molecule has 1 rings (SSSR count). The van der Waals surface area contributed by atoms with Crippen molar-refractivity contribution in [1.82, 2.24) is 0 Å². The molecule has 0 saturated carbocycles. The first-order chi connectivity index (χ1) is 8.20. The molecule has 0 radical (unpaired) electrons. The SMILES string of the molecule is CCC(C)[C@H](N)c1c(C(F)(F)F)ccc(Cl)c1F. The van der Waals surface area contributed by atoms with Gasteiger partial charge in [-0.2, -0.15) is 13.2 Å². The molecular weight excluding hydrogens is 270 g/mol. The highest BCUT2D eigenvalue weighted by molar-refractivity contribution is 6.30. The molecule has 6 heteroatoms. The third kappa shape index (κ3) is 2.95. The van der Waals surface area contributed by atoms with E-state index in [1.807, 2.05) is 0 Å². The van der Waals surface area contributed by atoms with Gasteiger partial charge in [0.05, 0.1) is 10.6 Å². The topological polar surface area (TPSA) is 26.0 Å². The molecule has 0 aliphatic heterocycles. The van der Waals surface area contributed by atoms with E-state index >= 15 is 0 Å². The van der Waals surface area contributed by atoms with Gasteiger partial charge in [-0.1, -0.05) is 31.9 Å². The first kappa shape index (κ1) is 15.2. The van der Waals surface area contributed by atoms with E-state index in [1.165, 1.54) is 0 Å². The highest BCUT2D eigenvalue weighted by atomic mass is 35.5. The van der Waals surface area contributed by atoms with Crippen LogP contribution in [0.4, 0.5) is 17.6 Å². The molecule has 2 atom stereocenters. The number of rotatable bonds is 3. The van der Waals surface area contributed by atoms with Crippen LogP contribution in [-0.2, 0) is 6.18 Å². The van der Waals surface area contributed by atoms with Gasteiger partial charge in [0.2, 0.25) is 0 Å². The van der Waals surface area contributed by atoms with Crippen LogP contribution >= 0.6 is 11.6 Å². The predicted molar refractivity (Wildman–Crippen MR) is 62.8 cm³/mol. The lowest BCUT2D eigenvalue weighted by atomic mass is 9.89. The third-order valence-electron chi connectivity index (χ3n) is 3.03. The second kappa shape index (κ2) is 5.45. The lowest BCUT2D eigenvalue weighted by Crippen LogP contribution is -2.24. The maximum absolute atomic E-state index is 13.8. The Labute approximate surface area is 108 Å². The first-order valence-electron chi connectivity index (χ1n) is 5.50. The largest absolute Gasteiger partial charge is 0.416 e. The molecule has 1 aromatic carbocycles. The number of nitrogens with two attached hydrogens (primary N) is 1. The number of alkyl halides is 3. The van der Waals surface area contributed by atoms with E-state index < -0.39 is 29.2 Å². The Bertz CT molecular complexity index is 431. The van der Waals surface area contributed by atoms with Gasteiger partial charge in [-0.3, -0.25) is 0 Å². The van der Waals surface area contributed by atoms with Gasteiger partial charge >= 0.3 is 6.18 Å². The zero-order valence-electron chi connectivity index (χ0n) is 9.98. The zero-order chi connectivity index (χ0) is 14.1. The van der Waals surface area contributed by atoms with Gasteiger partial charge in [0.15, 0.2) is 0 Å². The van der Waals surface area contributed by atoms with E-state index in [0.29, 0.717) is 6.42 Å². The van der Waals surface area contributed by atoms with Crippen LogP contribution in [0.1, 0.15) is 37.4 Å².